The van der Waals surface area contributed by atoms with E-state index in [1.54, 1.807) is 12.4 Å². The van der Waals surface area contributed by atoms with E-state index >= 15 is 0 Å². The van der Waals surface area contributed by atoms with Crippen molar-refractivity contribution in [3.63, 3.8) is 0 Å². The SMILES string of the molecule is CN(C[C@@H]1CCCN(C)[C@H]1c1cnn(C)c1)C(=O)c1cc[nH]c1. The molecule has 0 aromatic carbocycles. The third-order valence-electron chi connectivity index (χ3n) is 4.77. The number of amides is 1. The van der Waals surface area contributed by atoms with Gasteiger partial charge < -0.3 is 9.88 Å². The van der Waals surface area contributed by atoms with Crippen LogP contribution >= 0.6 is 0 Å². The van der Waals surface area contributed by atoms with Gasteiger partial charge in [-0.05, 0) is 38.4 Å². The molecule has 1 fully saturated rings. The van der Waals surface area contributed by atoms with Crippen LogP contribution in [0.25, 0.3) is 0 Å². The van der Waals surface area contributed by atoms with Gasteiger partial charge in [-0.3, -0.25) is 14.4 Å². The molecule has 6 nitrogen and oxygen atoms in total. The standard InChI is InChI=1S/C17H25N5O/c1-20-8-4-5-14(16(20)15-10-19-22(3)12-15)11-21(2)17(23)13-6-7-18-9-13/h6-7,9-10,12,14,16,18H,4-5,8,11H2,1-3H3/t14-,16+/m0/s1. The Morgan fingerprint density at radius 1 is 1.48 bits per heavy atom. The fourth-order valence-corrected chi connectivity index (χ4v) is 3.68. The number of aromatic nitrogens is 3. The van der Waals surface area contributed by atoms with Gasteiger partial charge in [-0.2, -0.15) is 5.10 Å². The van der Waals surface area contributed by atoms with Crippen LogP contribution in [0.2, 0.25) is 0 Å². The lowest BCUT2D eigenvalue weighted by atomic mass is 9.85. The second-order valence-electron chi connectivity index (χ2n) is 6.56. The minimum atomic E-state index is 0.0735. The van der Waals surface area contributed by atoms with E-state index in [4.69, 9.17) is 0 Å². The van der Waals surface area contributed by atoms with Gasteiger partial charge in [-0.1, -0.05) is 0 Å². The smallest absolute Gasteiger partial charge is 0.255 e. The molecule has 1 saturated heterocycles. The van der Waals surface area contributed by atoms with Crippen LogP contribution in [0.3, 0.4) is 0 Å². The molecule has 0 radical (unpaired) electrons. The van der Waals surface area contributed by atoms with Crippen molar-refractivity contribution in [3.8, 4) is 0 Å². The number of carbonyl (C=O) groups excluding carboxylic acids is 1. The Morgan fingerprint density at radius 2 is 2.30 bits per heavy atom. The predicted octanol–water partition coefficient (Wildman–Crippen LogP) is 1.90. The van der Waals surface area contributed by atoms with Crippen molar-refractivity contribution >= 4 is 5.91 Å². The molecule has 1 N–H and O–H groups in total. The zero-order valence-electron chi connectivity index (χ0n) is 14.1. The van der Waals surface area contributed by atoms with Crippen LogP contribution in [0.5, 0.6) is 0 Å². The minimum Gasteiger partial charge on any atom is -0.367 e. The second kappa shape index (κ2) is 6.58. The molecule has 1 aliphatic heterocycles. The van der Waals surface area contributed by atoms with Crippen molar-refractivity contribution in [3.05, 3.63) is 42.0 Å². The molecule has 0 bridgehead atoms. The molecule has 1 aliphatic rings. The maximum absolute atomic E-state index is 12.5. The van der Waals surface area contributed by atoms with Gasteiger partial charge in [0.2, 0.25) is 0 Å². The molecule has 124 valence electrons. The molecule has 3 rings (SSSR count). The molecule has 0 unspecified atom stereocenters. The molecule has 3 heterocycles. The van der Waals surface area contributed by atoms with E-state index in [2.05, 4.69) is 28.2 Å². The maximum Gasteiger partial charge on any atom is 0.255 e. The van der Waals surface area contributed by atoms with Gasteiger partial charge in [0, 0.05) is 50.8 Å². The summed E-state index contributed by atoms with van der Waals surface area (Å²) < 4.78 is 1.85. The lowest BCUT2D eigenvalue weighted by Gasteiger charge is -2.40. The van der Waals surface area contributed by atoms with Crippen molar-refractivity contribution in [1.82, 2.24) is 24.6 Å². The van der Waals surface area contributed by atoms with Crippen molar-refractivity contribution < 1.29 is 4.79 Å². The number of rotatable bonds is 4. The van der Waals surface area contributed by atoms with Gasteiger partial charge in [-0.25, -0.2) is 0 Å². The molecular weight excluding hydrogens is 290 g/mol. The Hall–Kier alpha value is -2.08. The quantitative estimate of drug-likeness (QED) is 0.937. The average molecular weight is 315 g/mol. The lowest BCUT2D eigenvalue weighted by molar-refractivity contribution is 0.0645. The summed E-state index contributed by atoms with van der Waals surface area (Å²) in [6.07, 6.45) is 9.89. The number of carbonyl (C=O) groups is 1. The molecule has 2 atom stereocenters. The van der Waals surface area contributed by atoms with Crippen LogP contribution in [0, 0.1) is 5.92 Å². The normalized spacial score (nSPS) is 22.2. The van der Waals surface area contributed by atoms with Crippen molar-refractivity contribution in [2.45, 2.75) is 18.9 Å². The fraction of sp³-hybridized carbons (Fsp3) is 0.529. The Balaban J connectivity index is 1.75. The Labute approximate surface area is 137 Å². The third-order valence-corrected chi connectivity index (χ3v) is 4.77. The molecule has 23 heavy (non-hydrogen) atoms. The highest BCUT2D eigenvalue weighted by atomic mass is 16.2. The highest BCUT2D eigenvalue weighted by molar-refractivity contribution is 5.93. The van der Waals surface area contributed by atoms with E-state index in [0.29, 0.717) is 12.0 Å². The average Bonchev–Trinajstić information content (AvgIpc) is 3.18. The number of likely N-dealkylation sites (tertiary alicyclic amines) is 1. The first-order chi connectivity index (χ1) is 11.1. The summed E-state index contributed by atoms with van der Waals surface area (Å²) in [4.78, 5) is 19.7. The first-order valence-electron chi connectivity index (χ1n) is 8.13. The summed E-state index contributed by atoms with van der Waals surface area (Å²) in [5.41, 5.74) is 1.96. The monoisotopic (exact) mass is 315 g/mol. The highest BCUT2D eigenvalue weighted by Gasteiger charge is 2.33. The molecule has 0 saturated carbocycles. The van der Waals surface area contributed by atoms with Gasteiger partial charge >= 0.3 is 0 Å². The van der Waals surface area contributed by atoms with E-state index in [1.807, 2.05) is 35.9 Å². The number of aromatic amines is 1. The van der Waals surface area contributed by atoms with Crippen LogP contribution < -0.4 is 0 Å². The molecule has 1 amide bonds. The summed E-state index contributed by atoms with van der Waals surface area (Å²) in [7, 11) is 6.00. The van der Waals surface area contributed by atoms with Crippen LogP contribution in [0.1, 0.15) is 34.8 Å². The van der Waals surface area contributed by atoms with Crippen LogP contribution in [0.4, 0.5) is 0 Å². The highest BCUT2D eigenvalue weighted by Crippen LogP contribution is 2.35. The Morgan fingerprint density at radius 3 is 2.96 bits per heavy atom. The molecule has 2 aromatic rings. The maximum atomic E-state index is 12.5. The Kier molecular flexibility index (Phi) is 4.52. The van der Waals surface area contributed by atoms with E-state index < -0.39 is 0 Å². The number of aryl methyl sites for hydroxylation is 1. The lowest BCUT2D eigenvalue weighted by Crippen LogP contribution is -2.42. The van der Waals surface area contributed by atoms with E-state index in [1.165, 1.54) is 12.0 Å². The summed E-state index contributed by atoms with van der Waals surface area (Å²) in [5, 5.41) is 4.32. The van der Waals surface area contributed by atoms with Crippen molar-refractivity contribution in [2.24, 2.45) is 13.0 Å². The number of piperidine rings is 1. The van der Waals surface area contributed by atoms with Gasteiger partial charge in [0.1, 0.15) is 0 Å². The topological polar surface area (TPSA) is 57.2 Å². The van der Waals surface area contributed by atoms with E-state index in [0.717, 1.165) is 25.1 Å². The largest absolute Gasteiger partial charge is 0.367 e. The number of H-pyrrole nitrogens is 1. The number of nitrogens with one attached hydrogen (secondary N) is 1. The van der Waals surface area contributed by atoms with Crippen LogP contribution in [0.15, 0.2) is 30.9 Å². The molecular formula is C17H25N5O. The van der Waals surface area contributed by atoms with Gasteiger partial charge in [0.25, 0.3) is 5.91 Å². The molecule has 0 aliphatic carbocycles. The summed E-state index contributed by atoms with van der Waals surface area (Å²) in [6, 6.07) is 2.14. The van der Waals surface area contributed by atoms with E-state index in [9.17, 15) is 4.79 Å². The third kappa shape index (κ3) is 3.32. The zero-order chi connectivity index (χ0) is 16.4. The van der Waals surface area contributed by atoms with Crippen LogP contribution in [-0.2, 0) is 7.05 Å². The minimum absolute atomic E-state index is 0.0735. The summed E-state index contributed by atoms with van der Waals surface area (Å²) in [6.45, 7) is 1.85. The second-order valence-corrected chi connectivity index (χ2v) is 6.56. The predicted molar refractivity (Wildman–Crippen MR) is 89.1 cm³/mol. The first kappa shape index (κ1) is 15.8. The number of nitrogens with zero attached hydrogens (tertiary/aromatic N) is 4. The number of hydrogen-bond acceptors (Lipinski definition) is 3. The molecule has 6 heteroatoms. The van der Waals surface area contributed by atoms with Crippen molar-refractivity contribution in [2.75, 3.05) is 27.2 Å². The summed E-state index contributed by atoms with van der Waals surface area (Å²) >= 11 is 0. The van der Waals surface area contributed by atoms with Crippen molar-refractivity contribution in [1.29, 1.82) is 0 Å². The van der Waals surface area contributed by atoms with Gasteiger partial charge in [-0.15, -0.1) is 0 Å². The number of hydrogen-bond donors (Lipinski definition) is 1. The van der Waals surface area contributed by atoms with Crippen LogP contribution in [-0.4, -0.2) is 57.7 Å². The van der Waals surface area contributed by atoms with Gasteiger partial charge in [0.05, 0.1) is 11.8 Å². The first-order valence-corrected chi connectivity index (χ1v) is 8.13. The van der Waals surface area contributed by atoms with E-state index in [-0.39, 0.29) is 5.91 Å². The molecule has 0 spiro atoms. The van der Waals surface area contributed by atoms with Gasteiger partial charge in [0.15, 0.2) is 0 Å². The fourth-order valence-electron chi connectivity index (χ4n) is 3.68. The molecule has 2 aromatic heterocycles. The summed E-state index contributed by atoms with van der Waals surface area (Å²) in [5.74, 6) is 0.496. The Bertz CT molecular complexity index is 648. The zero-order valence-corrected chi connectivity index (χ0v) is 14.1.